The van der Waals surface area contributed by atoms with Crippen molar-refractivity contribution in [3.63, 3.8) is 0 Å². The van der Waals surface area contributed by atoms with Gasteiger partial charge in [-0.05, 0) is 49.8 Å². The van der Waals surface area contributed by atoms with Crippen LogP contribution in [0.15, 0.2) is 36.8 Å². The van der Waals surface area contributed by atoms with Crippen LogP contribution in [0.4, 0.5) is 10.5 Å². The molecule has 3 aromatic rings. The first-order valence-electron chi connectivity index (χ1n) is 11.0. The molecular formula is C24H25N5O4. The van der Waals surface area contributed by atoms with Crippen LogP contribution in [0.2, 0.25) is 0 Å². The SMILES string of the molecule is COc1cc(OC)c(N2CC3(CCCC(Cn4cnc5ccc(C#N)cc54)C3)OC2=O)cn1. The van der Waals surface area contributed by atoms with E-state index >= 15 is 0 Å². The second-order valence-corrected chi connectivity index (χ2v) is 8.71. The second-order valence-electron chi connectivity index (χ2n) is 8.71. The normalized spacial score (nSPS) is 22.4. The molecule has 0 radical (unpaired) electrons. The summed E-state index contributed by atoms with van der Waals surface area (Å²) < 4.78 is 18.7. The highest BCUT2D eigenvalue weighted by atomic mass is 16.6. The Hall–Kier alpha value is -3.80. The molecule has 170 valence electrons. The van der Waals surface area contributed by atoms with E-state index in [9.17, 15) is 10.1 Å². The summed E-state index contributed by atoms with van der Waals surface area (Å²) in [6.45, 7) is 1.22. The van der Waals surface area contributed by atoms with E-state index in [0.717, 1.165) is 43.3 Å². The largest absolute Gasteiger partial charge is 0.494 e. The van der Waals surface area contributed by atoms with Crippen LogP contribution in [0.1, 0.15) is 31.2 Å². The smallest absolute Gasteiger partial charge is 0.415 e. The quantitative estimate of drug-likeness (QED) is 0.584. The van der Waals surface area contributed by atoms with Gasteiger partial charge in [-0.15, -0.1) is 0 Å². The zero-order valence-corrected chi connectivity index (χ0v) is 18.7. The van der Waals surface area contributed by atoms with Crippen molar-refractivity contribution >= 4 is 22.8 Å². The minimum absolute atomic E-state index is 0.325. The number of methoxy groups -OCH3 is 2. The first kappa shape index (κ1) is 21.1. The van der Waals surface area contributed by atoms with Gasteiger partial charge in [-0.2, -0.15) is 5.26 Å². The number of carbonyl (C=O) groups excluding carboxylic acids is 1. The average molecular weight is 447 g/mol. The number of nitriles is 1. The maximum Gasteiger partial charge on any atom is 0.415 e. The van der Waals surface area contributed by atoms with E-state index in [4.69, 9.17) is 14.2 Å². The lowest BCUT2D eigenvalue weighted by atomic mass is 9.78. The molecule has 2 aliphatic rings. The summed E-state index contributed by atoms with van der Waals surface area (Å²) in [5, 5.41) is 9.24. The van der Waals surface area contributed by atoms with Gasteiger partial charge in [0.1, 0.15) is 17.0 Å². The Balaban J connectivity index is 1.36. The fourth-order valence-electron chi connectivity index (χ4n) is 5.08. The summed E-state index contributed by atoms with van der Waals surface area (Å²) in [5.41, 5.74) is 2.47. The number of carbonyl (C=O) groups is 1. The lowest BCUT2D eigenvalue weighted by Crippen LogP contribution is -2.40. The van der Waals surface area contributed by atoms with Gasteiger partial charge in [-0.25, -0.2) is 14.8 Å². The van der Waals surface area contributed by atoms with Gasteiger partial charge < -0.3 is 18.8 Å². The van der Waals surface area contributed by atoms with Crippen LogP contribution >= 0.6 is 0 Å². The molecule has 33 heavy (non-hydrogen) atoms. The van der Waals surface area contributed by atoms with Gasteiger partial charge in [0.25, 0.3) is 0 Å². The third-order valence-corrected chi connectivity index (χ3v) is 6.62. The number of fused-ring (bicyclic) bond motifs is 1. The first-order chi connectivity index (χ1) is 16.0. The van der Waals surface area contributed by atoms with Crippen LogP contribution in [0.25, 0.3) is 11.0 Å². The molecule has 1 saturated carbocycles. The standard InChI is InChI=1S/C24H25N5O4/c1-31-21-9-22(32-2)26-12-20(21)29-14-24(33-23(29)30)7-3-4-17(10-24)13-28-15-27-18-6-5-16(11-25)8-19(18)28/h5-6,8-9,12,15,17H,3-4,7,10,13-14H2,1-2H3. The first-order valence-corrected chi connectivity index (χ1v) is 11.0. The molecule has 1 amide bonds. The van der Waals surface area contributed by atoms with Crippen LogP contribution < -0.4 is 14.4 Å². The van der Waals surface area contributed by atoms with Gasteiger partial charge in [-0.1, -0.05) is 0 Å². The number of hydrogen-bond donors (Lipinski definition) is 0. The summed E-state index contributed by atoms with van der Waals surface area (Å²) >= 11 is 0. The monoisotopic (exact) mass is 447 g/mol. The Kier molecular flexibility index (Phi) is 5.29. The van der Waals surface area contributed by atoms with Crippen molar-refractivity contribution in [1.29, 1.82) is 5.26 Å². The molecule has 2 fully saturated rings. The third kappa shape index (κ3) is 3.82. The lowest BCUT2D eigenvalue weighted by molar-refractivity contribution is 0.00439. The lowest BCUT2D eigenvalue weighted by Gasteiger charge is -2.36. The molecule has 1 spiro atoms. The number of aromatic nitrogens is 3. The minimum atomic E-state index is -0.543. The summed E-state index contributed by atoms with van der Waals surface area (Å²) in [6.07, 6.45) is 6.63. The van der Waals surface area contributed by atoms with Gasteiger partial charge in [0, 0.05) is 12.6 Å². The molecule has 1 aliphatic carbocycles. The summed E-state index contributed by atoms with van der Waals surface area (Å²) in [6, 6.07) is 9.39. The van der Waals surface area contributed by atoms with E-state index in [1.165, 1.54) is 7.11 Å². The number of amides is 1. The number of anilines is 1. The number of ether oxygens (including phenoxy) is 3. The van der Waals surface area contributed by atoms with Crippen LogP contribution in [-0.4, -0.2) is 47.0 Å². The topological polar surface area (TPSA) is 103 Å². The molecule has 0 bridgehead atoms. The maximum absolute atomic E-state index is 12.9. The molecule has 1 saturated heterocycles. The summed E-state index contributed by atoms with van der Waals surface area (Å²) in [7, 11) is 3.09. The van der Waals surface area contributed by atoms with Gasteiger partial charge in [0.2, 0.25) is 5.88 Å². The predicted molar refractivity (Wildman–Crippen MR) is 120 cm³/mol. The van der Waals surface area contributed by atoms with E-state index in [2.05, 4.69) is 20.6 Å². The van der Waals surface area contributed by atoms with Crippen LogP contribution in [0.3, 0.4) is 0 Å². The van der Waals surface area contributed by atoms with Gasteiger partial charge in [-0.3, -0.25) is 4.90 Å². The number of rotatable bonds is 5. The van der Waals surface area contributed by atoms with Crippen LogP contribution in [-0.2, 0) is 11.3 Å². The highest BCUT2D eigenvalue weighted by Gasteiger charge is 2.49. The van der Waals surface area contributed by atoms with Gasteiger partial charge in [0.05, 0.1) is 56.0 Å². The Morgan fingerprint density at radius 2 is 2.15 bits per heavy atom. The molecule has 1 aromatic carbocycles. The molecule has 3 heterocycles. The third-order valence-electron chi connectivity index (χ3n) is 6.62. The summed E-state index contributed by atoms with van der Waals surface area (Å²) in [4.78, 5) is 23.2. The zero-order chi connectivity index (χ0) is 23.0. The number of nitrogens with zero attached hydrogens (tertiary/aromatic N) is 5. The molecule has 2 atom stereocenters. The van der Waals surface area contributed by atoms with Crippen LogP contribution in [0, 0.1) is 17.2 Å². The van der Waals surface area contributed by atoms with E-state index in [1.54, 1.807) is 30.3 Å². The van der Waals surface area contributed by atoms with Crippen LogP contribution in [0.5, 0.6) is 11.6 Å². The minimum Gasteiger partial charge on any atom is -0.494 e. The fraction of sp³-hybridized carbons (Fsp3) is 0.417. The zero-order valence-electron chi connectivity index (χ0n) is 18.7. The van der Waals surface area contributed by atoms with E-state index in [0.29, 0.717) is 35.3 Å². The maximum atomic E-state index is 12.9. The van der Waals surface area contributed by atoms with Crippen molar-refractivity contribution < 1.29 is 19.0 Å². The Morgan fingerprint density at radius 3 is 2.94 bits per heavy atom. The molecule has 9 nitrogen and oxygen atoms in total. The Morgan fingerprint density at radius 1 is 1.27 bits per heavy atom. The molecule has 2 aromatic heterocycles. The van der Waals surface area contributed by atoms with E-state index < -0.39 is 5.60 Å². The van der Waals surface area contributed by atoms with Crippen molar-refractivity contribution in [2.45, 2.75) is 37.8 Å². The van der Waals surface area contributed by atoms with E-state index in [-0.39, 0.29) is 6.09 Å². The Bertz CT molecular complexity index is 1250. The van der Waals surface area contributed by atoms with Crippen molar-refractivity contribution in [1.82, 2.24) is 14.5 Å². The van der Waals surface area contributed by atoms with Crippen molar-refractivity contribution in [2.75, 3.05) is 25.7 Å². The number of imidazole rings is 1. The molecule has 0 N–H and O–H groups in total. The van der Waals surface area contributed by atoms with E-state index in [1.807, 2.05) is 18.5 Å². The molecule has 5 rings (SSSR count). The molecule has 2 unspecified atom stereocenters. The highest BCUT2D eigenvalue weighted by Crippen LogP contribution is 2.43. The van der Waals surface area contributed by atoms with Gasteiger partial charge >= 0.3 is 6.09 Å². The molecule has 1 aliphatic heterocycles. The van der Waals surface area contributed by atoms with Crippen molar-refractivity contribution in [3.05, 3.63) is 42.4 Å². The Labute approximate surface area is 191 Å². The van der Waals surface area contributed by atoms with Crippen molar-refractivity contribution in [3.8, 4) is 17.7 Å². The summed E-state index contributed by atoms with van der Waals surface area (Å²) in [5.74, 6) is 1.26. The second kappa shape index (κ2) is 8.28. The van der Waals surface area contributed by atoms with Gasteiger partial charge in [0.15, 0.2) is 0 Å². The number of benzene rings is 1. The molecular weight excluding hydrogens is 422 g/mol. The van der Waals surface area contributed by atoms with Crippen molar-refractivity contribution in [2.24, 2.45) is 5.92 Å². The number of hydrogen-bond acceptors (Lipinski definition) is 7. The average Bonchev–Trinajstić information content (AvgIpc) is 3.38. The number of pyridine rings is 1. The highest BCUT2D eigenvalue weighted by molar-refractivity contribution is 5.92. The predicted octanol–water partition coefficient (Wildman–Crippen LogP) is 3.91. The fourth-order valence-corrected chi connectivity index (χ4v) is 5.08. The molecule has 9 heteroatoms.